The first-order valence-corrected chi connectivity index (χ1v) is 9.57. The summed E-state index contributed by atoms with van der Waals surface area (Å²) in [6.07, 6.45) is 0.756. The number of benzene rings is 2. The highest BCUT2D eigenvalue weighted by molar-refractivity contribution is 6.30. The van der Waals surface area contributed by atoms with Gasteiger partial charge in [0.15, 0.2) is 0 Å². The van der Waals surface area contributed by atoms with Gasteiger partial charge in [0.05, 0.1) is 6.54 Å². The Morgan fingerprint density at radius 2 is 1.70 bits per heavy atom. The van der Waals surface area contributed by atoms with E-state index in [-0.39, 0.29) is 11.8 Å². The predicted molar refractivity (Wildman–Crippen MR) is 107 cm³/mol. The van der Waals surface area contributed by atoms with Gasteiger partial charge in [0.1, 0.15) is 0 Å². The van der Waals surface area contributed by atoms with E-state index in [4.69, 9.17) is 11.6 Å². The Morgan fingerprint density at radius 3 is 2.41 bits per heavy atom. The Balaban J connectivity index is 1.37. The van der Waals surface area contributed by atoms with Crippen molar-refractivity contribution in [3.63, 3.8) is 0 Å². The molecule has 1 fully saturated rings. The maximum atomic E-state index is 12.4. The molecule has 0 spiro atoms. The molecule has 0 atom stereocenters. The van der Waals surface area contributed by atoms with Crippen LogP contribution in [0.15, 0.2) is 54.6 Å². The summed E-state index contributed by atoms with van der Waals surface area (Å²) in [5.74, 6) is 0.0705. The van der Waals surface area contributed by atoms with Crippen molar-refractivity contribution in [2.75, 3.05) is 39.3 Å². The molecule has 0 unspecified atom stereocenters. The standard InChI is InChI=1S/C21H24ClN3O2/c22-19-8-4-5-17(15-19)9-10-23-20(26)16-24-11-13-25(14-12-24)21(27)18-6-2-1-3-7-18/h1-8,15H,9-14,16H2,(H,23,26). The third-order valence-corrected chi connectivity index (χ3v) is 4.91. The van der Waals surface area contributed by atoms with E-state index in [0.717, 1.165) is 12.0 Å². The fraction of sp³-hybridized carbons (Fsp3) is 0.333. The molecular weight excluding hydrogens is 362 g/mol. The number of hydrogen-bond acceptors (Lipinski definition) is 3. The molecule has 1 heterocycles. The van der Waals surface area contributed by atoms with Crippen molar-refractivity contribution < 1.29 is 9.59 Å². The maximum Gasteiger partial charge on any atom is 0.253 e. The molecule has 27 heavy (non-hydrogen) atoms. The second-order valence-corrected chi connectivity index (χ2v) is 7.10. The van der Waals surface area contributed by atoms with Crippen molar-refractivity contribution in [1.29, 1.82) is 0 Å². The number of hydrogen-bond donors (Lipinski definition) is 1. The molecular formula is C21H24ClN3O2. The van der Waals surface area contributed by atoms with Gasteiger partial charge in [-0.3, -0.25) is 14.5 Å². The van der Waals surface area contributed by atoms with Crippen molar-refractivity contribution in [3.05, 3.63) is 70.7 Å². The van der Waals surface area contributed by atoms with E-state index in [1.165, 1.54) is 0 Å². The first-order chi connectivity index (χ1) is 13.1. The lowest BCUT2D eigenvalue weighted by molar-refractivity contribution is -0.122. The molecule has 0 bridgehead atoms. The monoisotopic (exact) mass is 385 g/mol. The van der Waals surface area contributed by atoms with Crippen molar-refractivity contribution in [1.82, 2.24) is 15.1 Å². The van der Waals surface area contributed by atoms with Gasteiger partial charge in [-0.15, -0.1) is 0 Å². The number of rotatable bonds is 6. The topological polar surface area (TPSA) is 52.7 Å². The lowest BCUT2D eigenvalue weighted by Gasteiger charge is -2.34. The second kappa shape index (κ2) is 9.53. The number of carbonyl (C=O) groups excluding carboxylic acids is 2. The second-order valence-electron chi connectivity index (χ2n) is 6.66. The molecule has 2 aromatic rings. The zero-order valence-electron chi connectivity index (χ0n) is 15.2. The van der Waals surface area contributed by atoms with Gasteiger partial charge in [0.2, 0.25) is 5.91 Å². The number of piperazine rings is 1. The van der Waals surface area contributed by atoms with Gasteiger partial charge < -0.3 is 10.2 Å². The van der Waals surface area contributed by atoms with Gasteiger partial charge in [0, 0.05) is 43.3 Å². The first kappa shape index (κ1) is 19.4. The Hall–Kier alpha value is -2.37. The summed E-state index contributed by atoms with van der Waals surface area (Å²) < 4.78 is 0. The lowest BCUT2D eigenvalue weighted by atomic mass is 10.1. The summed E-state index contributed by atoms with van der Waals surface area (Å²) in [5, 5.41) is 3.66. The van der Waals surface area contributed by atoms with Crippen LogP contribution in [-0.2, 0) is 11.2 Å². The zero-order valence-corrected chi connectivity index (χ0v) is 16.0. The minimum atomic E-state index is 0.0138. The molecule has 3 rings (SSSR count). The summed E-state index contributed by atoms with van der Waals surface area (Å²) in [5.41, 5.74) is 1.82. The van der Waals surface area contributed by atoms with Crippen LogP contribution in [0.25, 0.3) is 0 Å². The number of halogens is 1. The van der Waals surface area contributed by atoms with E-state index in [1.807, 2.05) is 59.5 Å². The zero-order chi connectivity index (χ0) is 19.1. The summed E-state index contributed by atoms with van der Waals surface area (Å²) in [7, 11) is 0. The first-order valence-electron chi connectivity index (χ1n) is 9.19. The molecule has 1 saturated heterocycles. The van der Waals surface area contributed by atoms with E-state index < -0.39 is 0 Å². The van der Waals surface area contributed by atoms with Crippen LogP contribution in [0.1, 0.15) is 15.9 Å². The minimum Gasteiger partial charge on any atom is -0.355 e. The highest BCUT2D eigenvalue weighted by atomic mass is 35.5. The molecule has 142 valence electrons. The number of nitrogens with zero attached hydrogens (tertiary/aromatic N) is 2. The van der Waals surface area contributed by atoms with E-state index in [9.17, 15) is 9.59 Å². The van der Waals surface area contributed by atoms with Crippen LogP contribution >= 0.6 is 11.6 Å². The SMILES string of the molecule is O=C(CN1CCN(C(=O)c2ccccc2)CC1)NCCc1cccc(Cl)c1. The van der Waals surface area contributed by atoms with Crippen LogP contribution in [0.5, 0.6) is 0 Å². The lowest BCUT2D eigenvalue weighted by Crippen LogP contribution is -2.51. The third-order valence-electron chi connectivity index (χ3n) is 4.67. The average Bonchev–Trinajstić information content (AvgIpc) is 2.69. The number of nitrogens with one attached hydrogen (secondary N) is 1. The molecule has 5 nitrogen and oxygen atoms in total. The molecule has 0 aliphatic carbocycles. The van der Waals surface area contributed by atoms with Gasteiger partial charge in [-0.05, 0) is 36.2 Å². The minimum absolute atomic E-state index is 0.0138. The average molecular weight is 386 g/mol. The maximum absolute atomic E-state index is 12.4. The van der Waals surface area contributed by atoms with E-state index in [0.29, 0.717) is 49.9 Å². The molecule has 6 heteroatoms. The van der Waals surface area contributed by atoms with Crippen molar-refractivity contribution in [3.8, 4) is 0 Å². The fourth-order valence-electron chi connectivity index (χ4n) is 3.17. The molecule has 1 N–H and O–H groups in total. The number of carbonyl (C=O) groups is 2. The van der Waals surface area contributed by atoms with Crippen molar-refractivity contribution >= 4 is 23.4 Å². The molecule has 2 aromatic carbocycles. The predicted octanol–water partition coefficient (Wildman–Crippen LogP) is 2.46. The number of amides is 2. The molecule has 0 saturated carbocycles. The molecule has 0 radical (unpaired) electrons. The van der Waals surface area contributed by atoms with Gasteiger partial charge in [-0.25, -0.2) is 0 Å². The smallest absolute Gasteiger partial charge is 0.253 e. The van der Waals surface area contributed by atoms with Gasteiger partial charge >= 0.3 is 0 Å². The van der Waals surface area contributed by atoms with E-state index in [1.54, 1.807) is 0 Å². The Bertz CT molecular complexity index is 774. The van der Waals surface area contributed by atoms with Gasteiger partial charge in [0.25, 0.3) is 5.91 Å². The molecule has 0 aromatic heterocycles. The van der Waals surface area contributed by atoms with Crippen LogP contribution in [0, 0.1) is 0 Å². The normalized spacial score (nSPS) is 14.8. The van der Waals surface area contributed by atoms with E-state index >= 15 is 0 Å². The molecule has 2 amide bonds. The highest BCUT2D eigenvalue weighted by Gasteiger charge is 2.23. The quantitative estimate of drug-likeness (QED) is 0.831. The van der Waals surface area contributed by atoms with Crippen molar-refractivity contribution in [2.24, 2.45) is 0 Å². The fourth-order valence-corrected chi connectivity index (χ4v) is 3.38. The summed E-state index contributed by atoms with van der Waals surface area (Å²) in [4.78, 5) is 28.5. The van der Waals surface area contributed by atoms with Crippen molar-refractivity contribution in [2.45, 2.75) is 6.42 Å². The highest BCUT2D eigenvalue weighted by Crippen LogP contribution is 2.11. The van der Waals surface area contributed by atoms with Crippen LogP contribution in [0.4, 0.5) is 0 Å². The summed E-state index contributed by atoms with van der Waals surface area (Å²) >= 11 is 5.97. The summed E-state index contributed by atoms with van der Waals surface area (Å²) in [6.45, 7) is 3.65. The van der Waals surface area contributed by atoms with E-state index in [2.05, 4.69) is 10.2 Å². The van der Waals surface area contributed by atoms with Gasteiger partial charge in [-0.2, -0.15) is 0 Å². The molecule has 1 aliphatic rings. The van der Waals surface area contributed by atoms with Crippen LogP contribution < -0.4 is 5.32 Å². The Kier molecular flexibility index (Phi) is 6.85. The van der Waals surface area contributed by atoms with Crippen LogP contribution in [0.3, 0.4) is 0 Å². The summed E-state index contributed by atoms with van der Waals surface area (Å²) in [6, 6.07) is 17.0. The van der Waals surface area contributed by atoms with Crippen LogP contribution in [0.2, 0.25) is 5.02 Å². The Labute approximate surface area is 164 Å². The Morgan fingerprint density at radius 1 is 0.963 bits per heavy atom. The van der Waals surface area contributed by atoms with Crippen LogP contribution in [-0.4, -0.2) is 60.9 Å². The third kappa shape index (κ3) is 5.81. The molecule has 1 aliphatic heterocycles. The van der Waals surface area contributed by atoms with Gasteiger partial charge in [-0.1, -0.05) is 41.9 Å². The largest absolute Gasteiger partial charge is 0.355 e.